The Labute approximate surface area is 125 Å². The first-order valence-electron chi connectivity index (χ1n) is 7.86. The molecule has 0 atom stereocenters. The Kier molecular flexibility index (Phi) is 4.09. The van der Waals surface area contributed by atoms with Crippen LogP contribution >= 0.6 is 0 Å². The highest BCUT2D eigenvalue weighted by molar-refractivity contribution is 5.76. The predicted molar refractivity (Wildman–Crippen MR) is 81.5 cm³/mol. The van der Waals surface area contributed by atoms with Gasteiger partial charge in [-0.05, 0) is 56.2 Å². The molecule has 1 aliphatic carbocycles. The van der Waals surface area contributed by atoms with Gasteiger partial charge in [-0.1, -0.05) is 23.3 Å². The Morgan fingerprint density at radius 2 is 1.81 bits per heavy atom. The number of carbonyl (C=O) groups is 1. The summed E-state index contributed by atoms with van der Waals surface area (Å²) in [6.45, 7) is 3.51. The first-order valence-corrected chi connectivity index (χ1v) is 7.86. The van der Waals surface area contributed by atoms with Crippen LogP contribution in [0.2, 0.25) is 0 Å². The van der Waals surface area contributed by atoms with E-state index in [2.05, 4.69) is 0 Å². The molecule has 0 radical (unpaired) electrons. The van der Waals surface area contributed by atoms with E-state index in [1.165, 1.54) is 18.9 Å². The molecule has 0 N–H and O–H groups in total. The van der Waals surface area contributed by atoms with E-state index in [4.69, 9.17) is 0 Å². The third-order valence-electron chi connectivity index (χ3n) is 4.57. The maximum atomic E-state index is 13.2. The average Bonchev–Trinajstić information content (AvgIpc) is 3.33. The van der Waals surface area contributed by atoms with E-state index >= 15 is 0 Å². The maximum Gasteiger partial charge on any atom is 0.222 e. The zero-order valence-electron chi connectivity index (χ0n) is 12.6. The van der Waals surface area contributed by atoms with Crippen LogP contribution in [0, 0.1) is 12.7 Å². The molecular formula is C18H22FNO. The fourth-order valence-electron chi connectivity index (χ4n) is 3.07. The van der Waals surface area contributed by atoms with E-state index in [-0.39, 0.29) is 11.7 Å². The lowest BCUT2D eigenvalue weighted by Gasteiger charge is -2.28. The van der Waals surface area contributed by atoms with Crippen molar-refractivity contribution in [3.63, 3.8) is 0 Å². The van der Waals surface area contributed by atoms with E-state index in [1.807, 2.05) is 11.0 Å². The van der Waals surface area contributed by atoms with Crippen molar-refractivity contribution in [2.75, 3.05) is 13.1 Å². The van der Waals surface area contributed by atoms with Gasteiger partial charge in [-0.2, -0.15) is 0 Å². The van der Waals surface area contributed by atoms with Crippen LogP contribution in [0.3, 0.4) is 0 Å². The Morgan fingerprint density at radius 1 is 1.14 bits per heavy atom. The van der Waals surface area contributed by atoms with Gasteiger partial charge in [0, 0.05) is 19.5 Å². The van der Waals surface area contributed by atoms with Crippen LogP contribution in [-0.2, 0) is 11.2 Å². The van der Waals surface area contributed by atoms with Gasteiger partial charge in [0.15, 0.2) is 0 Å². The highest BCUT2D eigenvalue weighted by Crippen LogP contribution is 2.36. The van der Waals surface area contributed by atoms with E-state index in [1.54, 1.807) is 24.1 Å². The second kappa shape index (κ2) is 6.00. The minimum absolute atomic E-state index is 0.179. The van der Waals surface area contributed by atoms with Gasteiger partial charge in [0.25, 0.3) is 0 Å². The summed E-state index contributed by atoms with van der Waals surface area (Å²) in [6.07, 6.45) is 5.93. The Hall–Kier alpha value is -1.64. The molecule has 1 aromatic rings. The maximum absolute atomic E-state index is 13.2. The van der Waals surface area contributed by atoms with Crippen LogP contribution in [0.25, 0.3) is 0 Å². The van der Waals surface area contributed by atoms with Gasteiger partial charge in [0.1, 0.15) is 5.82 Å². The second-order valence-electron chi connectivity index (χ2n) is 6.17. The molecule has 3 heteroatoms. The largest absolute Gasteiger partial charge is 0.342 e. The number of piperidine rings is 1. The Balaban J connectivity index is 1.50. The third-order valence-corrected chi connectivity index (χ3v) is 4.57. The van der Waals surface area contributed by atoms with Crippen LogP contribution in [0.4, 0.5) is 4.39 Å². The highest BCUT2D eigenvalue weighted by Gasteiger charge is 2.24. The quantitative estimate of drug-likeness (QED) is 0.775. The predicted octanol–water partition coefficient (Wildman–Crippen LogP) is 3.78. The average molecular weight is 287 g/mol. The number of hydrogen-bond acceptors (Lipinski definition) is 1. The monoisotopic (exact) mass is 287 g/mol. The minimum Gasteiger partial charge on any atom is -0.342 e. The molecule has 2 fully saturated rings. The molecule has 0 bridgehead atoms. The van der Waals surface area contributed by atoms with E-state index in [0.29, 0.717) is 18.4 Å². The molecule has 1 saturated heterocycles. The topological polar surface area (TPSA) is 20.3 Å². The van der Waals surface area contributed by atoms with Crippen molar-refractivity contribution in [1.82, 2.24) is 4.90 Å². The van der Waals surface area contributed by atoms with E-state index < -0.39 is 0 Å². The Bertz CT molecular complexity index is 575. The molecule has 1 aliphatic heterocycles. The van der Waals surface area contributed by atoms with Crippen molar-refractivity contribution in [2.45, 2.75) is 45.4 Å². The summed E-state index contributed by atoms with van der Waals surface area (Å²) in [6, 6.07) is 5.11. The van der Waals surface area contributed by atoms with E-state index in [9.17, 15) is 9.18 Å². The summed E-state index contributed by atoms with van der Waals surface area (Å²) < 4.78 is 13.2. The SMILES string of the molecule is Cc1cc(CCC(=O)N2CCC(=C3CC3)CC2)ccc1F. The number of halogens is 1. The number of carbonyl (C=O) groups excluding carboxylic acids is 1. The lowest BCUT2D eigenvalue weighted by molar-refractivity contribution is -0.131. The molecular weight excluding hydrogens is 265 g/mol. The number of allylic oxidation sites excluding steroid dienone is 1. The van der Waals surface area contributed by atoms with Crippen LogP contribution < -0.4 is 0 Å². The molecule has 0 aromatic heterocycles. The third kappa shape index (κ3) is 3.52. The zero-order valence-corrected chi connectivity index (χ0v) is 12.6. The first kappa shape index (κ1) is 14.3. The van der Waals surface area contributed by atoms with Gasteiger partial charge in [-0.3, -0.25) is 4.79 Å². The summed E-state index contributed by atoms with van der Waals surface area (Å²) in [4.78, 5) is 14.2. The standard InChI is InChI=1S/C18H22FNO/c1-13-12-14(2-6-17(13)19)3-7-18(21)20-10-8-16(9-11-20)15-4-5-15/h2,6,12H,3-5,7-11H2,1H3. The number of amides is 1. The minimum atomic E-state index is -0.179. The van der Waals surface area contributed by atoms with Crippen LogP contribution in [0.15, 0.2) is 29.3 Å². The summed E-state index contributed by atoms with van der Waals surface area (Å²) in [7, 11) is 0. The molecule has 21 heavy (non-hydrogen) atoms. The molecule has 2 nitrogen and oxygen atoms in total. The molecule has 112 valence electrons. The van der Waals surface area contributed by atoms with Gasteiger partial charge in [-0.25, -0.2) is 4.39 Å². The van der Waals surface area contributed by atoms with Crippen LogP contribution in [0.1, 0.15) is 43.2 Å². The summed E-state index contributed by atoms with van der Waals surface area (Å²) in [5, 5.41) is 0. The van der Waals surface area contributed by atoms with Crippen LogP contribution in [0.5, 0.6) is 0 Å². The molecule has 1 aromatic carbocycles. The number of benzene rings is 1. The summed E-state index contributed by atoms with van der Waals surface area (Å²) in [5.74, 6) is 0.0542. The zero-order chi connectivity index (χ0) is 14.8. The number of hydrogen-bond donors (Lipinski definition) is 0. The highest BCUT2D eigenvalue weighted by atomic mass is 19.1. The van der Waals surface area contributed by atoms with Crippen molar-refractivity contribution >= 4 is 5.91 Å². The first-order chi connectivity index (χ1) is 10.1. The molecule has 1 amide bonds. The normalized spacial score (nSPS) is 18.1. The molecule has 2 aliphatic rings. The summed E-state index contributed by atoms with van der Waals surface area (Å²) in [5.41, 5.74) is 4.94. The van der Waals surface area contributed by atoms with Crippen LogP contribution in [-0.4, -0.2) is 23.9 Å². The van der Waals surface area contributed by atoms with Crippen molar-refractivity contribution < 1.29 is 9.18 Å². The van der Waals surface area contributed by atoms with Crippen molar-refractivity contribution in [1.29, 1.82) is 0 Å². The number of likely N-dealkylation sites (tertiary alicyclic amines) is 1. The lowest BCUT2D eigenvalue weighted by Crippen LogP contribution is -2.36. The molecule has 1 heterocycles. The fraction of sp³-hybridized carbons (Fsp3) is 0.500. The Morgan fingerprint density at radius 3 is 2.43 bits per heavy atom. The van der Waals surface area contributed by atoms with Crippen molar-refractivity contribution in [3.8, 4) is 0 Å². The smallest absolute Gasteiger partial charge is 0.222 e. The molecule has 0 spiro atoms. The summed E-state index contributed by atoms with van der Waals surface area (Å²) >= 11 is 0. The van der Waals surface area contributed by atoms with Gasteiger partial charge in [0.2, 0.25) is 5.91 Å². The van der Waals surface area contributed by atoms with Gasteiger partial charge >= 0.3 is 0 Å². The number of nitrogens with zero attached hydrogens (tertiary/aromatic N) is 1. The van der Waals surface area contributed by atoms with Crippen molar-refractivity contribution in [2.24, 2.45) is 0 Å². The number of rotatable bonds is 3. The van der Waals surface area contributed by atoms with Gasteiger partial charge in [0.05, 0.1) is 0 Å². The van der Waals surface area contributed by atoms with Crippen molar-refractivity contribution in [3.05, 3.63) is 46.3 Å². The van der Waals surface area contributed by atoms with Gasteiger partial charge < -0.3 is 4.90 Å². The van der Waals surface area contributed by atoms with E-state index in [0.717, 1.165) is 31.5 Å². The lowest BCUT2D eigenvalue weighted by atomic mass is 10.0. The number of aryl methyl sites for hydroxylation is 2. The fourth-order valence-corrected chi connectivity index (χ4v) is 3.07. The molecule has 3 rings (SSSR count). The van der Waals surface area contributed by atoms with Gasteiger partial charge in [-0.15, -0.1) is 0 Å². The second-order valence-corrected chi connectivity index (χ2v) is 6.17. The molecule has 1 saturated carbocycles. The molecule has 0 unspecified atom stereocenters.